The van der Waals surface area contributed by atoms with E-state index in [0.717, 1.165) is 43.7 Å². The van der Waals surface area contributed by atoms with Crippen LogP contribution in [0.25, 0.3) is 0 Å². The minimum Gasteiger partial charge on any atom is -0.310 e. The molecular weight excluding hydrogens is 338 g/mol. The Bertz CT molecular complexity index is 606. The van der Waals surface area contributed by atoms with E-state index in [0.29, 0.717) is 5.92 Å². The van der Waals surface area contributed by atoms with Crippen LogP contribution in [0.4, 0.5) is 0 Å². The average molecular weight is 382 g/mol. The SMILES string of the molecule is CCC=C(C=CCCC)C(C)CC(=N)CCc1ccc(CCC(C)CC)cc1. The van der Waals surface area contributed by atoms with Crippen molar-refractivity contribution in [3.8, 4) is 0 Å². The molecule has 0 fully saturated rings. The molecule has 2 unspecified atom stereocenters. The fourth-order valence-corrected chi connectivity index (χ4v) is 3.43. The third-order valence-corrected chi connectivity index (χ3v) is 5.69. The molecule has 1 N–H and O–H groups in total. The lowest BCUT2D eigenvalue weighted by Gasteiger charge is -2.14. The Labute approximate surface area is 174 Å². The van der Waals surface area contributed by atoms with Crippen molar-refractivity contribution in [1.82, 2.24) is 0 Å². The number of nitrogens with one attached hydrogen (secondary N) is 1. The van der Waals surface area contributed by atoms with E-state index in [1.807, 2.05) is 0 Å². The fraction of sp³-hybridized carbons (Fsp3) is 0.593. The van der Waals surface area contributed by atoms with E-state index in [9.17, 15) is 0 Å². The normalized spacial score (nSPS) is 14.4. The molecule has 1 aromatic rings. The molecule has 1 nitrogen and oxygen atoms in total. The van der Waals surface area contributed by atoms with Gasteiger partial charge >= 0.3 is 0 Å². The molecule has 1 rings (SSSR count). The number of hydrogen-bond acceptors (Lipinski definition) is 1. The van der Waals surface area contributed by atoms with E-state index >= 15 is 0 Å². The first kappa shape index (κ1) is 24.4. The van der Waals surface area contributed by atoms with Crippen LogP contribution in [0.15, 0.2) is 48.1 Å². The Kier molecular flexibility index (Phi) is 12.5. The fourth-order valence-electron chi connectivity index (χ4n) is 3.43. The van der Waals surface area contributed by atoms with Crippen molar-refractivity contribution < 1.29 is 0 Å². The summed E-state index contributed by atoms with van der Waals surface area (Å²) in [4.78, 5) is 0. The molecule has 0 bridgehead atoms. The summed E-state index contributed by atoms with van der Waals surface area (Å²) in [5, 5.41) is 8.43. The van der Waals surface area contributed by atoms with Gasteiger partial charge in [-0.05, 0) is 73.5 Å². The van der Waals surface area contributed by atoms with Crippen molar-refractivity contribution in [3.05, 3.63) is 59.2 Å². The van der Waals surface area contributed by atoms with Gasteiger partial charge in [-0.25, -0.2) is 0 Å². The molecule has 0 aliphatic rings. The van der Waals surface area contributed by atoms with Crippen LogP contribution in [-0.4, -0.2) is 5.71 Å². The zero-order valence-corrected chi connectivity index (χ0v) is 19.1. The Morgan fingerprint density at radius 3 is 2.21 bits per heavy atom. The lowest BCUT2D eigenvalue weighted by atomic mass is 9.91. The summed E-state index contributed by atoms with van der Waals surface area (Å²) in [5.74, 6) is 1.24. The Morgan fingerprint density at radius 1 is 1.00 bits per heavy atom. The van der Waals surface area contributed by atoms with Crippen LogP contribution in [0, 0.1) is 17.2 Å². The predicted octanol–water partition coefficient (Wildman–Crippen LogP) is 8.34. The second-order valence-corrected chi connectivity index (χ2v) is 8.38. The minimum absolute atomic E-state index is 0.434. The molecule has 1 aromatic carbocycles. The molecule has 28 heavy (non-hydrogen) atoms. The number of aryl methyl sites for hydroxylation is 2. The molecule has 0 aliphatic carbocycles. The standard InChI is InChI=1S/C27H43N/c1-6-9-10-12-26(11-7-2)23(5)21-27(28)20-19-25-17-15-24(16-18-25)14-13-22(4)8-3/h10-12,15-18,22-23,28H,6-9,13-14,19-21H2,1-5H3. The lowest BCUT2D eigenvalue weighted by Crippen LogP contribution is -2.08. The van der Waals surface area contributed by atoms with Gasteiger partial charge in [0.2, 0.25) is 0 Å². The largest absolute Gasteiger partial charge is 0.310 e. The molecular formula is C27H43N. The maximum absolute atomic E-state index is 8.43. The first-order valence-corrected chi connectivity index (χ1v) is 11.5. The maximum atomic E-state index is 8.43. The highest BCUT2D eigenvalue weighted by Crippen LogP contribution is 2.20. The number of hydrogen-bond donors (Lipinski definition) is 1. The van der Waals surface area contributed by atoms with Crippen LogP contribution in [0.1, 0.15) is 90.7 Å². The number of unbranched alkanes of at least 4 members (excludes halogenated alkanes) is 1. The molecule has 0 saturated carbocycles. The first-order valence-electron chi connectivity index (χ1n) is 11.5. The molecule has 2 atom stereocenters. The van der Waals surface area contributed by atoms with Crippen molar-refractivity contribution in [3.63, 3.8) is 0 Å². The van der Waals surface area contributed by atoms with Crippen molar-refractivity contribution >= 4 is 5.71 Å². The number of benzene rings is 1. The summed E-state index contributed by atoms with van der Waals surface area (Å²) in [6.45, 7) is 11.3. The topological polar surface area (TPSA) is 23.9 Å². The van der Waals surface area contributed by atoms with Gasteiger partial charge in [-0.1, -0.05) is 90.0 Å². The summed E-state index contributed by atoms with van der Waals surface area (Å²) >= 11 is 0. The summed E-state index contributed by atoms with van der Waals surface area (Å²) in [6.07, 6.45) is 16.7. The Balaban J connectivity index is 2.47. The van der Waals surface area contributed by atoms with Gasteiger partial charge in [-0.15, -0.1) is 0 Å². The van der Waals surface area contributed by atoms with Crippen LogP contribution < -0.4 is 0 Å². The zero-order chi connectivity index (χ0) is 20.8. The highest BCUT2D eigenvalue weighted by molar-refractivity contribution is 5.82. The second-order valence-electron chi connectivity index (χ2n) is 8.38. The van der Waals surface area contributed by atoms with Crippen molar-refractivity contribution in [2.75, 3.05) is 0 Å². The summed E-state index contributed by atoms with van der Waals surface area (Å²) in [6, 6.07) is 9.09. The van der Waals surface area contributed by atoms with Gasteiger partial charge < -0.3 is 5.41 Å². The third-order valence-electron chi connectivity index (χ3n) is 5.69. The highest BCUT2D eigenvalue weighted by Gasteiger charge is 2.10. The smallest absolute Gasteiger partial charge is 0.00984 e. The van der Waals surface area contributed by atoms with Gasteiger partial charge in [0.15, 0.2) is 0 Å². The van der Waals surface area contributed by atoms with E-state index in [-0.39, 0.29) is 0 Å². The van der Waals surface area contributed by atoms with E-state index in [1.54, 1.807) is 0 Å². The van der Waals surface area contributed by atoms with Crippen LogP contribution in [0.3, 0.4) is 0 Å². The summed E-state index contributed by atoms with van der Waals surface area (Å²) < 4.78 is 0. The molecule has 1 heteroatoms. The van der Waals surface area contributed by atoms with Crippen LogP contribution in [0.2, 0.25) is 0 Å². The minimum atomic E-state index is 0.434. The summed E-state index contributed by atoms with van der Waals surface area (Å²) in [5.41, 5.74) is 5.07. The predicted molar refractivity (Wildman–Crippen MR) is 126 cm³/mol. The molecule has 0 aliphatic heterocycles. The lowest BCUT2D eigenvalue weighted by molar-refractivity contribution is 0.516. The zero-order valence-electron chi connectivity index (χ0n) is 19.1. The molecule has 0 saturated heterocycles. The van der Waals surface area contributed by atoms with Crippen LogP contribution in [-0.2, 0) is 12.8 Å². The number of rotatable bonds is 14. The average Bonchev–Trinajstić information content (AvgIpc) is 2.70. The van der Waals surface area contributed by atoms with Gasteiger partial charge in [0.25, 0.3) is 0 Å². The molecule has 0 spiro atoms. The van der Waals surface area contributed by atoms with Gasteiger partial charge in [-0.2, -0.15) is 0 Å². The van der Waals surface area contributed by atoms with Gasteiger partial charge in [0, 0.05) is 5.71 Å². The van der Waals surface area contributed by atoms with E-state index in [4.69, 9.17) is 5.41 Å². The van der Waals surface area contributed by atoms with Crippen LogP contribution in [0.5, 0.6) is 0 Å². The third kappa shape index (κ3) is 10.1. The van der Waals surface area contributed by atoms with Crippen molar-refractivity contribution in [1.29, 1.82) is 5.41 Å². The number of allylic oxidation sites excluding steroid dienone is 4. The van der Waals surface area contributed by atoms with Crippen molar-refractivity contribution in [2.24, 2.45) is 11.8 Å². The maximum Gasteiger partial charge on any atom is 0.00984 e. The Hall–Kier alpha value is -1.63. The molecule has 0 aromatic heterocycles. The van der Waals surface area contributed by atoms with Crippen LogP contribution >= 0.6 is 0 Å². The highest BCUT2D eigenvalue weighted by atomic mass is 14.4. The molecule has 156 valence electrons. The Morgan fingerprint density at radius 2 is 1.64 bits per heavy atom. The van der Waals surface area contributed by atoms with E-state index < -0.39 is 0 Å². The second kappa shape index (κ2) is 14.4. The molecule has 0 amide bonds. The van der Waals surface area contributed by atoms with Crippen molar-refractivity contribution in [2.45, 2.75) is 92.4 Å². The van der Waals surface area contributed by atoms with E-state index in [1.165, 1.54) is 42.4 Å². The van der Waals surface area contributed by atoms with E-state index in [2.05, 4.69) is 77.1 Å². The quantitative estimate of drug-likeness (QED) is 0.247. The van der Waals surface area contributed by atoms with Gasteiger partial charge in [0.05, 0.1) is 0 Å². The van der Waals surface area contributed by atoms with Gasteiger partial charge in [0.1, 0.15) is 0 Å². The monoisotopic (exact) mass is 381 g/mol. The molecule has 0 radical (unpaired) electrons. The van der Waals surface area contributed by atoms with Gasteiger partial charge in [-0.3, -0.25) is 0 Å². The molecule has 0 heterocycles. The first-order chi connectivity index (χ1) is 13.5. The summed E-state index contributed by atoms with van der Waals surface area (Å²) in [7, 11) is 0.